The molecule has 1 aliphatic heterocycles. The minimum atomic E-state index is -0.454. The van der Waals surface area contributed by atoms with Crippen LogP contribution in [0.4, 0.5) is 10.1 Å². The highest BCUT2D eigenvalue weighted by Gasteiger charge is 2.17. The largest absolute Gasteiger partial charge is 0.465 e. The van der Waals surface area contributed by atoms with Gasteiger partial charge >= 0.3 is 11.9 Å². The Morgan fingerprint density at radius 3 is 1.74 bits per heavy atom. The quantitative estimate of drug-likeness (QED) is 0.522. The van der Waals surface area contributed by atoms with Gasteiger partial charge < -0.3 is 14.4 Å². The SMILES string of the molecule is COC(=O)c1ccc(F)cc1.COC(=O)c1ccc(N2CCN(Cc3ccccc3)CC2)cc1. The number of anilines is 1. The van der Waals surface area contributed by atoms with Crippen molar-refractivity contribution in [3.8, 4) is 0 Å². The molecule has 178 valence electrons. The number of hydrogen-bond donors (Lipinski definition) is 0. The van der Waals surface area contributed by atoms with Gasteiger partial charge in [0.15, 0.2) is 0 Å². The second-order valence-corrected chi connectivity index (χ2v) is 7.79. The van der Waals surface area contributed by atoms with Crippen molar-refractivity contribution in [2.24, 2.45) is 0 Å². The maximum Gasteiger partial charge on any atom is 0.337 e. The van der Waals surface area contributed by atoms with Crippen LogP contribution >= 0.6 is 0 Å². The lowest BCUT2D eigenvalue weighted by Gasteiger charge is -2.36. The molecule has 0 amide bonds. The first-order valence-corrected chi connectivity index (χ1v) is 11.0. The van der Waals surface area contributed by atoms with Crippen molar-refractivity contribution in [2.75, 3.05) is 45.3 Å². The molecule has 7 heteroatoms. The van der Waals surface area contributed by atoms with Crippen molar-refractivity contribution in [3.63, 3.8) is 0 Å². The number of ether oxygens (including phenoxy) is 2. The van der Waals surface area contributed by atoms with Crippen molar-refractivity contribution in [1.29, 1.82) is 0 Å². The zero-order chi connectivity index (χ0) is 24.3. The molecule has 4 rings (SSSR count). The Hall–Kier alpha value is -3.71. The predicted molar refractivity (Wildman–Crippen MR) is 129 cm³/mol. The third-order valence-corrected chi connectivity index (χ3v) is 5.54. The maximum atomic E-state index is 12.3. The molecule has 0 radical (unpaired) electrons. The van der Waals surface area contributed by atoms with Crippen LogP contribution < -0.4 is 4.90 Å². The second kappa shape index (κ2) is 12.5. The fraction of sp³-hybridized carbons (Fsp3) is 0.259. The first-order valence-electron chi connectivity index (χ1n) is 11.0. The number of esters is 2. The van der Waals surface area contributed by atoms with Crippen molar-refractivity contribution in [3.05, 3.63) is 101 Å². The Bertz CT molecular complexity index is 1050. The average molecular weight is 465 g/mol. The molecular formula is C27H29FN2O4. The van der Waals surface area contributed by atoms with Crippen LogP contribution in [-0.2, 0) is 16.0 Å². The normalized spacial score (nSPS) is 13.4. The molecule has 0 bridgehead atoms. The Labute approximate surface area is 199 Å². The van der Waals surface area contributed by atoms with Crippen LogP contribution in [0.15, 0.2) is 78.9 Å². The molecule has 1 aliphatic rings. The zero-order valence-electron chi connectivity index (χ0n) is 19.4. The van der Waals surface area contributed by atoms with Crippen molar-refractivity contribution in [1.82, 2.24) is 4.90 Å². The minimum Gasteiger partial charge on any atom is -0.465 e. The number of hydrogen-bond acceptors (Lipinski definition) is 6. The van der Waals surface area contributed by atoms with Crippen LogP contribution in [0.5, 0.6) is 0 Å². The highest BCUT2D eigenvalue weighted by molar-refractivity contribution is 5.90. The third-order valence-electron chi connectivity index (χ3n) is 5.54. The van der Waals surface area contributed by atoms with E-state index < -0.39 is 5.97 Å². The summed E-state index contributed by atoms with van der Waals surface area (Å²) in [6.07, 6.45) is 0. The van der Waals surface area contributed by atoms with Crippen LogP contribution in [0.25, 0.3) is 0 Å². The lowest BCUT2D eigenvalue weighted by molar-refractivity contribution is 0.0592. The Morgan fingerprint density at radius 2 is 1.24 bits per heavy atom. The molecule has 1 fully saturated rings. The highest BCUT2D eigenvalue weighted by atomic mass is 19.1. The number of carbonyl (C=O) groups excluding carboxylic acids is 2. The lowest BCUT2D eigenvalue weighted by atomic mass is 10.1. The first kappa shape index (κ1) is 24.9. The topological polar surface area (TPSA) is 59.1 Å². The molecule has 0 atom stereocenters. The molecule has 1 saturated heterocycles. The maximum absolute atomic E-state index is 12.3. The summed E-state index contributed by atoms with van der Waals surface area (Å²) in [5, 5.41) is 0. The van der Waals surface area contributed by atoms with E-state index in [0.717, 1.165) is 38.4 Å². The molecule has 3 aromatic carbocycles. The van der Waals surface area contributed by atoms with Crippen molar-refractivity contribution < 1.29 is 23.5 Å². The summed E-state index contributed by atoms with van der Waals surface area (Å²) in [6.45, 7) is 5.12. The standard InChI is InChI=1S/C19H22N2O2.C8H7FO2/c1-23-19(22)17-7-9-18(10-8-17)21-13-11-20(12-14-21)15-16-5-3-2-4-6-16;1-11-8(10)6-2-4-7(9)5-3-6/h2-10H,11-15H2,1H3;2-5H,1H3. The van der Waals surface area contributed by atoms with Crippen LogP contribution in [0.2, 0.25) is 0 Å². The van der Waals surface area contributed by atoms with Crippen molar-refractivity contribution >= 4 is 17.6 Å². The van der Waals surface area contributed by atoms with E-state index in [1.165, 1.54) is 44.0 Å². The summed E-state index contributed by atoms with van der Waals surface area (Å²) in [5.41, 5.74) is 3.48. The number of methoxy groups -OCH3 is 2. The molecule has 0 unspecified atom stereocenters. The molecule has 0 aromatic heterocycles. The molecule has 0 spiro atoms. The van der Waals surface area contributed by atoms with Crippen LogP contribution in [0.1, 0.15) is 26.3 Å². The van der Waals surface area contributed by atoms with Crippen LogP contribution in [0.3, 0.4) is 0 Å². The molecule has 0 N–H and O–H groups in total. The van der Waals surface area contributed by atoms with E-state index in [1.807, 2.05) is 24.3 Å². The predicted octanol–water partition coefficient (Wildman–Crippen LogP) is 4.41. The molecule has 1 heterocycles. The fourth-order valence-electron chi connectivity index (χ4n) is 3.64. The van der Waals surface area contributed by atoms with Gasteiger partial charge in [-0.1, -0.05) is 30.3 Å². The molecule has 6 nitrogen and oxygen atoms in total. The van der Waals surface area contributed by atoms with Gasteiger partial charge in [0.1, 0.15) is 5.82 Å². The molecule has 0 saturated carbocycles. The number of nitrogens with zero attached hydrogens (tertiary/aromatic N) is 2. The third kappa shape index (κ3) is 7.15. The van der Waals surface area contributed by atoms with Gasteiger partial charge in [0, 0.05) is 38.4 Å². The summed E-state index contributed by atoms with van der Waals surface area (Å²) in [5.74, 6) is -1.10. The minimum absolute atomic E-state index is 0.288. The summed E-state index contributed by atoms with van der Waals surface area (Å²) >= 11 is 0. The summed E-state index contributed by atoms with van der Waals surface area (Å²) < 4.78 is 21.4. The van der Waals surface area contributed by atoms with Gasteiger partial charge in [-0.15, -0.1) is 0 Å². The Kier molecular flexibility index (Phi) is 9.17. The van der Waals surface area contributed by atoms with E-state index in [0.29, 0.717) is 11.1 Å². The van der Waals surface area contributed by atoms with Crippen LogP contribution in [-0.4, -0.2) is 57.2 Å². The Morgan fingerprint density at radius 1 is 0.735 bits per heavy atom. The van der Waals surface area contributed by atoms with E-state index in [2.05, 4.69) is 44.9 Å². The highest BCUT2D eigenvalue weighted by Crippen LogP contribution is 2.18. The first-order chi connectivity index (χ1) is 16.5. The van der Waals surface area contributed by atoms with Gasteiger partial charge in [0.2, 0.25) is 0 Å². The molecule has 0 aliphatic carbocycles. The monoisotopic (exact) mass is 464 g/mol. The van der Waals surface area contributed by atoms with E-state index in [1.54, 1.807) is 0 Å². The second-order valence-electron chi connectivity index (χ2n) is 7.79. The van der Waals surface area contributed by atoms with Gasteiger partial charge in [-0.3, -0.25) is 4.90 Å². The molecule has 34 heavy (non-hydrogen) atoms. The molecular weight excluding hydrogens is 435 g/mol. The van der Waals surface area contributed by atoms with Gasteiger partial charge in [-0.05, 0) is 54.1 Å². The van der Waals surface area contributed by atoms with E-state index >= 15 is 0 Å². The Balaban J connectivity index is 0.000000248. The van der Waals surface area contributed by atoms with E-state index in [4.69, 9.17) is 4.74 Å². The summed E-state index contributed by atoms with van der Waals surface area (Å²) in [7, 11) is 2.69. The number of halogens is 1. The lowest BCUT2D eigenvalue weighted by Crippen LogP contribution is -2.45. The fourth-order valence-corrected chi connectivity index (χ4v) is 3.64. The average Bonchev–Trinajstić information content (AvgIpc) is 2.90. The van der Waals surface area contributed by atoms with E-state index in [-0.39, 0.29) is 11.8 Å². The number of benzene rings is 3. The molecule has 3 aromatic rings. The summed E-state index contributed by atoms with van der Waals surface area (Å²) in [6, 6.07) is 23.4. The van der Waals surface area contributed by atoms with E-state index in [9.17, 15) is 14.0 Å². The van der Waals surface area contributed by atoms with Crippen molar-refractivity contribution in [2.45, 2.75) is 6.54 Å². The van der Waals surface area contributed by atoms with Gasteiger partial charge in [-0.25, -0.2) is 14.0 Å². The smallest absolute Gasteiger partial charge is 0.337 e. The zero-order valence-corrected chi connectivity index (χ0v) is 19.4. The number of rotatable bonds is 5. The number of carbonyl (C=O) groups is 2. The van der Waals surface area contributed by atoms with Crippen LogP contribution in [0, 0.1) is 5.82 Å². The number of piperazine rings is 1. The van der Waals surface area contributed by atoms with Gasteiger partial charge in [0.05, 0.1) is 25.3 Å². The summed E-state index contributed by atoms with van der Waals surface area (Å²) in [4.78, 5) is 27.1. The van der Waals surface area contributed by atoms with Gasteiger partial charge in [-0.2, -0.15) is 0 Å². The van der Waals surface area contributed by atoms with Gasteiger partial charge in [0.25, 0.3) is 0 Å².